The molecule has 1 atom stereocenters. The second kappa shape index (κ2) is 5.71. The predicted molar refractivity (Wildman–Crippen MR) is 82.0 cm³/mol. The number of ether oxygens (including phenoxy) is 1. The van der Waals surface area contributed by atoms with Crippen LogP contribution in [0.4, 0.5) is 0 Å². The van der Waals surface area contributed by atoms with Gasteiger partial charge in [0.15, 0.2) is 11.6 Å². The number of aromatic nitrogens is 3. The number of rotatable bonds is 3. The van der Waals surface area contributed by atoms with E-state index in [2.05, 4.69) is 11.2 Å². The van der Waals surface area contributed by atoms with Crippen molar-refractivity contribution in [3.8, 4) is 23.1 Å². The zero-order valence-electron chi connectivity index (χ0n) is 12.3. The molecule has 0 bridgehead atoms. The van der Waals surface area contributed by atoms with Gasteiger partial charge < -0.3 is 9.15 Å². The molecule has 3 aromatic rings. The van der Waals surface area contributed by atoms with Crippen LogP contribution in [0.2, 0.25) is 0 Å². The molecule has 1 fully saturated rings. The molecule has 0 saturated carbocycles. The maximum absolute atomic E-state index is 8.94. The average molecular weight is 306 g/mol. The molecule has 0 N–H and O–H groups in total. The highest BCUT2D eigenvalue weighted by Crippen LogP contribution is 2.27. The second-order valence-corrected chi connectivity index (χ2v) is 5.44. The van der Waals surface area contributed by atoms with Crippen LogP contribution in [-0.4, -0.2) is 28.0 Å². The van der Waals surface area contributed by atoms with E-state index in [1.807, 2.05) is 18.2 Å². The summed E-state index contributed by atoms with van der Waals surface area (Å²) >= 11 is 0. The third-order valence-electron chi connectivity index (χ3n) is 3.94. The molecule has 1 aromatic carbocycles. The Morgan fingerprint density at radius 3 is 2.74 bits per heavy atom. The van der Waals surface area contributed by atoms with Gasteiger partial charge in [-0.3, -0.25) is 0 Å². The lowest BCUT2D eigenvalue weighted by molar-refractivity contribution is 0.193. The minimum atomic E-state index is 0.222. The van der Waals surface area contributed by atoms with Crippen molar-refractivity contribution in [2.45, 2.75) is 12.3 Å². The van der Waals surface area contributed by atoms with E-state index >= 15 is 0 Å². The molecule has 23 heavy (non-hydrogen) atoms. The molecule has 2 aromatic heterocycles. The zero-order valence-corrected chi connectivity index (χ0v) is 12.3. The molecular weight excluding hydrogens is 292 g/mol. The lowest BCUT2D eigenvalue weighted by Gasteiger charge is -2.04. The average Bonchev–Trinajstić information content (AvgIpc) is 3.34. The van der Waals surface area contributed by atoms with Crippen LogP contribution in [0, 0.1) is 11.3 Å². The van der Waals surface area contributed by atoms with Crippen LogP contribution in [0.1, 0.15) is 23.7 Å². The van der Waals surface area contributed by atoms with Gasteiger partial charge in [-0.05, 0) is 36.8 Å². The molecule has 0 amide bonds. The van der Waals surface area contributed by atoms with Gasteiger partial charge in [-0.15, -0.1) is 0 Å². The van der Waals surface area contributed by atoms with E-state index in [0.29, 0.717) is 12.2 Å². The Morgan fingerprint density at radius 2 is 2.09 bits per heavy atom. The van der Waals surface area contributed by atoms with Gasteiger partial charge >= 0.3 is 0 Å². The first-order valence-corrected chi connectivity index (χ1v) is 7.43. The van der Waals surface area contributed by atoms with Crippen LogP contribution in [0.15, 0.2) is 47.3 Å². The topological polar surface area (TPSA) is 76.9 Å². The summed E-state index contributed by atoms with van der Waals surface area (Å²) in [5.41, 5.74) is 2.34. The fraction of sp³-hybridized carbons (Fsp3) is 0.235. The summed E-state index contributed by atoms with van der Waals surface area (Å²) in [5.74, 6) is 1.73. The third-order valence-corrected chi connectivity index (χ3v) is 3.94. The Morgan fingerprint density at radius 1 is 1.22 bits per heavy atom. The molecule has 1 aliphatic heterocycles. The van der Waals surface area contributed by atoms with E-state index in [4.69, 9.17) is 19.4 Å². The van der Waals surface area contributed by atoms with Crippen molar-refractivity contribution in [2.75, 3.05) is 13.2 Å². The van der Waals surface area contributed by atoms with E-state index in [9.17, 15) is 0 Å². The molecule has 3 heterocycles. The Kier molecular flexibility index (Phi) is 3.41. The van der Waals surface area contributed by atoms with Crippen molar-refractivity contribution < 1.29 is 9.15 Å². The standard InChI is InChI=1S/C17H14N4O2/c18-9-12-1-3-15(4-2-12)21-17(14-6-8-23-11-14)19-16(20-21)13-5-7-22-10-13/h1-4,6,8,11,13H,5,7,10H2/t13-/m1/s1. The van der Waals surface area contributed by atoms with Gasteiger partial charge in [0.05, 0.1) is 35.8 Å². The smallest absolute Gasteiger partial charge is 0.166 e. The number of furan rings is 1. The second-order valence-electron chi connectivity index (χ2n) is 5.44. The molecule has 6 heteroatoms. The van der Waals surface area contributed by atoms with E-state index in [0.717, 1.165) is 35.9 Å². The molecule has 114 valence electrons. The monoisotopic (exact) mass is 306 g/mol. The molecule has 4 rings (SSSR count). The molecule has 6 nitrogen and oxygen atoms in total. The number of hydrogen-bond acceptors (Lipinski definition) is 5. The largest absolute Gasteiger partial charge is 0.472 e. The van der Waals surface area contributed by atoms with E-state index in [-0.39, 0.29) is 5.92 Å². The van der Waals surface area contributed by atoms with E-state index in [1.165, 1.54) is 0 Å². The maximum Gasteiger partial charge on any atom is 0.166 e. The summed E-state index contributed by atoms with van der Waals surface area (Å²) in [6.45, 7) is 1.40. The third kappa shape index (κ3) is 2.51. The van der Waals surface area contributed by atoms with Crippen LogP contribution < -0.4 is 0 Å². The van der Waals surface area contributed by atoms with Gasteiger partial charge in [0, 0.05) is 12.5 Å². The highest BCUT2D eigenvalue weighted by molar-refractivity contribution is 5.56. The normalized spacial score (nSPS) is 17.3. The van der Waals surface area contributed by atoms with Gasteiger partial charge in [0.1, 0.15) is 6.26 Å². The molecule has 0 radical (unpaired) electrons. The van der Waals surface area contributed by atoms with Gasteiger partial charge in [-0.1, -0.05) is 0 Å². The first kappa shape index (κ1) is 13.7. The molecule has 0 aliphatic carbocycles. The summed E-state index contributed by atoms with van der Waals surface area (Å²) in [6.07, 6.45) is 4.20. The van der Waals surface area contributed by atoms with Crippen LogP contribution >= 0.6 is 0 Å². The Hall–Kier alpha value is -2.91. The van der Waals surface area contributed by atoms with Crippen LogP contribution in [0.25, 0.3) is 17.1 Å². The van der Waals surface area contributed by atoms with Crippen molar-refractivity contribution in [3.05, 3.63) is 54.2 Å². The van der Waals surface area contributed by atoms with Crippen molar-refractivity contribution in [1.29, 1.82) is 5.26 Å². The minimum Gasteiger partial charge on any atom is -0.472 e. The van der Waals surface area contributed by atoms with Gasteiger partial charge in [-0.25, -0.2) is 9.67 Å². The maximum atomic E-state index is 8.94. The summed E-state index contributed by atoms with van der Waals surface area (Å²) in [4.78, 5) is 4.70. The lowest BCUT2D eigenvalue weighted by Crippen LogP contribution is -2.02. The fourth-order valence-corrected chi connectivity index (χ4v) is 2.67. The number of nitriles is 1. The summed E-state index contributed by atoms with van der Waals surface area (Å²) in [7, 11) is 0. The first-order chi connectivity index (χ1) is 11.3. The minimum absolute atomic E-state index is 0.222. The highest BCUT2D eigenvalue weighted by atomic mass is 16.5. The quantitative estimate of drug-likeness (QED) is 0.743. The van der Waals surface area contributed by atoms with Crippen LogP contribution in [0.3, 0.4) is 0 Å². The summed E-state index contributed by atoms with van der Waals surface area (Å²) in [6, 6.07) is 11.3. The molecular formula is C17H14N4O2. The molecule has 0 spiro atoms. The highest BCUT2D eigenvalue weighted by Gasteiger charge is 2.24. The molecule has 1 saturated heterocycles. The fourth-order valence-electron chi connectivity index (χ4n) is 2.67. The van der Waals surface area contributed by atoms with Gasteiger partial charge in [-0.2, -0.15) is 10.4 Å². The van der Waals surface area contributed by atoms with E-state index < -0.39 is 0 Å². The Labute approximate surface area is 132 Å². The number of hydrogen-bond donors (Lipinski definition) is 0. The van der Waals surface area contributed by atoms with Crippen molar-refractivity contribution in [2.24, 2.45) is 0 Å². The SMILES string of the molecule is N#Cc1ccc(-n2nc([C@@H]3CCOC3)nc2-c2ccoc2)cc1. The van der Waals surface area contributed by atoms with Gasteiger partial charge in [0.25, 0.3) is 0 Å². The Balaban J connectivity index is 1.81. The lowest BCUT2D eigenvalue weighted by atomic mass is 10.1. The number of benzene rings is 1. The van der Waals surface area contributed by atoms with Crippen molar-refractivity contribution >= 4 is 0 Å². The van der Waals surface area contributed by atoms with Crippen molar-refractivity contribution in [3.63, 3.8) is 0 Å². The van der Waals surface area contributed by atoms with Crippen LogP contribution in [0.5, 0.6) is 0 Å². The summed E-state index contributed by atoms with van der Waals surface area (Å²) in [5, 5.41) is 13.6. The van der Waals surface area contributed by atoms with Gasteiger partial charge in [0.2, 0.25) is 0 Å². The molecule has 1 aliphatic rings. The zero-order chi connectivity index (χ0) is 15.6. The van der Waals surface area contributed by atoms with Crippen molar-refractivity contribution in [1.82, 2.24) is 14.8 Å². The summed E-state index contributed by atoms with van der Waals surface area (Å²) < 4.78 is 12.4. The van der Waals surface area contributed by atoms with Crippen LogP contribution in [-0.2, 0) is 4.74 Å². The first-order valence-electron chi connectivity index (χ1n) is 7.43. The molecule has 0 unspecified atom stereocenters. The predicted octanol–water partition coefficient (Wildman–Crippen LogP) is 2.90. The Bertz CT molecular complexity index is 838. The van der Waals surface area contributed by atoms with E-state index in [1.54, 1.807) is 29.3 Å². The number of nitrogens with zero attached hydrogens (tertiary/aromatic N) is 4.